The Bertz CT molecular complexity index is 213. The Morgan fingerprint density at radius 1 is 0.750 bits per heavy atom. The first kappa shape index (κ1) is 20.4. The van der Waals surface area contributed by atoms with Crippen LogP contribution in [-0.2, 0) is 0 Å². The fraction of sp³-hybridized carbons (Fsp3) is 0.944. The first-order valence-electron chi connectivity index (χ1n) is 8.95. The molecule has 1 unspecified atom stereocenters. The SMILES string of the molecule is CCCCCCCCCCCCCCC(CC)C(=S)S. The summed E-state index contributed by atoms with van der Waals surface area (Å²) in [4.78, 5) is 0. The quantitative estimate of drug-likeness (QED) is 0.187. The number of thiol groups is 1. The average molecular weight is 317 g/mol. The summed E-state index contributed by atoms with van der Waals surface area (Å²) in [6.07, 6.45) is 19.4. The molecule has 0 N–H and O–H groups in total. The third kappa shape index (κ3) is 13.4. The normalized spacial score (nSPS) is 12.6. The highest BCUT2D eigenvalue weighted by atomic mass is 32.1. The largest absolute Gasteiger partial charge is 0.136 e. The Balaban J connectivity index is 3.15. The van der Waals surface area contributed by atoms with Crippen molar-refractivity contribution < 1.29 is 0 Å². The van der Waals surface area contributed by atoms with Crippen LogP contribution in [0.25, 0.3) is 0 Å². The molecular weight excluding hydrogens is 280 g/mol. The molecule has 0 fully saturated rings. The van der Waals surface area contributed by atoms with Crippen molar-refractivity contribution in [2.24, 2.45) is 5.92 Å². The maximum atomic E-state index is 5.17. The molecule has 120 valence electrons. The van der Waals surface area contributed by atoms with Crippen LogP contribution in [0.3, 0.4) is 0 Å². The van der Waals surface area contributed by atoms with Crippen LogP contribution < -0.4 is 0 Å². The van der Waals surface area contributed by atoms with Crippen LogP contribution >= 0.6 is 24.8 Å². The monoisotopic (exact) mass is 316 g/mol. The van der Waals surface area contributed by atoms with E-state index < -0.39 is 0 Å². The van der Waals surface area contributed by atoms with E-state index in [1.54, 1.807) is 0 Å². The van der Waals surface area contributed by atoms with Crippen LogP contribution in [0.4, 0.5) is 0 Å². The molecule has 0 bridgehead atoms. The van der Waals surface area contributed by atoms with Gasteiger partial charge in [0, 0.05) is 4.20 Å². The minimum Gasteiger partial charge on any atom is -0.136 e. The van der Waals surface area contributed by atoms with Gasteiger partial charge < -0.3 is 0 Å². The van der Waals surface area contributed by atoms with Gasteiger partial charge in [-0.25, -0.2) is 0 Å². The predicted molar refractivity (Wildman–Crippen MR) is 101 cm³/mol. The molecule has 0 saturated carbocycles. The topological polar surface area (TPSA) is 0 Å². The smallest absolute Gasteiger partial charge is 0.0478 e. The van der Waals surface area contributed by atoms with Crippen LogP contribution in [0.2, 0.25) is 0 Å². The van der Waals surface area contributed by atoms with Crippen molar-refractivity contribution in [3.05, 3.63) is 0 Å². The minimum atomic E-state index is 0.566. The van der Waals surface area contributed by atoms with Gasteiger partial charge in [-0.3, -0.25) is 0 Å². The van der Waals surface area contributed by atoms with Crippen molar-refractivity contribution in [1.82, 2.24) is 0 Å². The molecular formula is C18H36S2. The Morgan fingerprint density at radius 2 is 1.15 bits per heavy atom. The lowest BCUT2D eigenvalue weighted by atomic mass is 9.99. The molecule has 0 aliphatic carbocycles. The molecule has 0 heterocycles. The number of hydrogen-bond donors (Lipinski definition) is 1. The van der Waals surface area contributed by atoms with Gasteiger partial charge in [-0.2, -0.15) is 0 Å². The molecule has 0 amide bonds. The van der Waals surface area contributed by atoms with Crippen LogP contribution in [-0.4, -0.2) is 4.20 Å². The fourth-order valence-corrected chi connectivity index (χ4v) is 3.33. The molecule has 0 aromatic heterocycles. The van der Waals surface area contributed by atoms with Crippen LogP contribution in [0.5, 0.6) is 0 Å². The highest BCUT2D eigenvalue weighted by molar-refractivity contribution is 8.11. The van der Waals surface area contributed by atoms with E-state index in [0.29, 0.717) is 5.92 Å². The standard InChI is InChI=1S/C18H36S2/c1-3-5-6-7-8-9-10-11-12-13-14-15-16-17(4-2)18(19)20/h17H,3-16H2,1-2H3,(H,19,20). The summed E-state index contributed by atoms with van der Waals surface area (Å²) in [5.41, 5.74) is 0. The molecule has 2 heteroatoms. The van der Waals surface area contributed by atoms with E-state index in [-0.39, 0.29) is 0 Å². The van der Waals surface area contributed by atoms with Crippen molar-refractivity contribution in [3.63, 3.8) is 0 Å². The molecule has 0 aliphatic heterocycles. The number of rotatable bonds is 15. The van der Waals surface area contributed by atoms with Gasteiger partial charge >= 0.3 is 0 Å². The van der Waals surface area contributed by atoms with E-state index in [2.05, 4.69) is 26.5 Å². The number of thiocarbonyl (C=S) groups is 1. The average Bonchev–Trinajstić information content (AvgIpc) is 2.43. The van der Waals surface area contributed by atoms with Gasteiger partial charge in [0.2, 0.25) is 0 Å². The van der Waals surface area contributed by atoms with Crippen molar-refractivity contribution in [3.8, 4) is 0 Å². The third-order valence-corrected chi connectivity index (χ3v) is 4.95. The molecule has 0 radical (unpaired) electrons. The van der Waals surface area contributed by atoms with Gasteiger partial charge in [0.05, 0.1) is 0 Å². The van der Waals surface area contributed by atoms with Gasteiger partial charge in [0.25, 0.3) is 0 Å². The molecule has 0 nitrogen and oxygen atoms in total. The molecule has 0 aromatic rings. The second-order valence-corrected chi connectivity index (χ2v) is 7.35. The Labute approximate surface area is 138 Å². The predicted octanol–water partition coefficient (Wildman–Crippen LogP) is 7.36. The van der Waals surface area contributed by atoms with Gasteiger partial charge in [-0.1, -0.05) is 103 Å². The molecule has 0 saturated heterocycles. The van der Waals surface area contributed by atoms with E-state index in [9.17, 15) is 0 Å². The number of hydrogen-bond acceptors (Lipinski definition) is 1. The van der Waals surface area contributed by atoms with Gasteiger partial charge in [-0.15, -0.1) is 12.6 Å². The Morgan fingerprint density at radius 3 is 1.50 bits per heavy atom. The third-order valence-electron chi connectivity index (χ3n) is 4.25. The van der Waals surface area contributed by atoms with Gasteiger partial charge in [0.15, 0.2) is 0 Å². The van der Waals surface area contributed by atoms with Gasteiger partial charge in [-0.05, 0) is 18.8 Å². The van der Waals surface area contributed by atoms with Crippen LogP contribution in [0, 0.1) is 5.92 Å². The zero-order valence-electron chi connectivity index (χ0n) is 13.8. The zero-order chi connectivity index (χ0) is 15.1. The molecule has 0 rings (SSSR count). The zero-order valence-corrected chi connectivity index (χ0v) is 15.5. The minimum absolute atomic E-state index is 0.566. The first-order valence-corrected chi connectivity index (χ1v) is 9.80. The fourth-order valence-electron chi connectivity index (χ4n) is 2.73. The Hall–Kier alpha value is 0.440. The van der Waals surface area contributed by atoms with Crippen LogP contribution in [0.15, 0.2) is 0 Å². The van der Waals surface area contributed by atoms with E-state index >= 15 is 0 Å². The van der Waals surface area contributed by atoms with Crippen molar-refractivity contribution in [2.45, 2.75) is 104 Å². The van der Waals surface area contributed by atoms with Crippen LogP contribution in [0.1, 0.15) is 104 Å². The molecule has 1 atom stereocenters. The molecule has 0 spiro atoms. The van der Waals surface area contributed by atoms with E-state index in [4.69, 9.17) is 12.2 Å². The molecule has 0 aliphatic rings. The number of unbranched alkanes of at least 4 members (excludes halogenated alkanes) is 11. The maximum absolute atomic E-state index is 5.17. The summed E-state index contributed by atoms with van der Waals surface area (Å²) >= 11 is 9.48. The van der Waals surface area contributed by atoms with Gasteiger partial charge in [0.1, 0.15) is 0 Å². The highest BCUT2D eigenvalue weighted by Crippen LogP contribution is 2.18. The summed E-state index contributed by atoms with van der Waals surface area (Å²) in [7, 11) is 0. The molecule has 20 heavy (non-hydrogen) atoms. The lowest BCUT2D eigenvalue weighted by Gasteiger charge is -2.11. The van der Waals surface area contributed by atoms with E-state index in [0.717, 1.165) is 10.6 Å². The lowest BCUT2D eigenvalue weighted by Crippen LogP contribution is -2.05. The molecule has 0 aromatic carbocycles. The second kappa shape index (κ2) is 15.8. The summed E-state index contributed by atoms with van der Waals surface area (Å²) in [6.45, 7) is 4.50. The van der Waals surface area contributed by atoms with Crippen molar-refractivity contribution in [1.29, 1.82) is 0 Å². The first-order chi connectivity index (χ1) is 9.72. The Kier molecular flexibility index (Phi) is 16.2. The van der Waals surface area contributed by atoms with E-state index in [1.165, 1.54) is 83.5 Å². The summed E-state index contributed by atoms with van der Waals surface area (Å²) in [5, 5.41) is 0. The van der Waals surface area contributed by atoms with Crippen molar-refractivity contribution >= 4 is 29.0 Å². The van der Waals surface area contributed by atoms with Crippen molar-refractivity contribution in [2.75, 3.05) is 0 Å². The summed E-state index contributed by atoms with van der Waals surface area (Å²) < 4.78 is 0.913. The maximum Gasteiger partial charge on any atom is 0.0478 e. The summed E-state index contributed by atoms with van der Waals surface area (Å²) in [6, 6.07) is 0. The highest BCUT2D eigenvalue weighted by Gasteiger charge is 2.08. The summed E-state index contributed by atoms with van der Waals surface area (Å²) in [5.74, 6) is 0.566. The second-order valence-electron chi connectivity index (χ2n) is 6.12. The lowest BCUT2D eigenvalue weighted by molar-refractivity contribution is 0.517. The van der Waals surface area contributed by atoms with E-state index in [1.807, 2.05) is 0 Å².